The summed E-state index contributed by atoms with van der Waals surface area (Å²) in [6.45, 7) is 2.57. The molecule has 5 nitrogen and oxygen atoms in total. The van der Waals surface area contributed by atoms with Crippen molar-refractivity contribution in [3.05, 3.63) is 53.0 Å². The molecule has 1 N–H and O–H groups in total. The Morgan fingerprint density at radius 3 is 2.44 bits per heavy atom. The van der Waals surface area contributed by atoms with E-state index in [1.54, 1.807) is 30.0 Å². The second-order valence-corrected chi connectivity index (χ2v) is 6.05. The van der Waals surface area contributed by atoms with E-state index in [9.17, 15) is 13.6 Å². The van der Waals surface area contributed by atoms with Crippen LogP contribution in [0.1, 0.15) is 34.7 Å². The van der Waals surface area contributed by atoms with Crippen molar-refractivity contribution in [2.45, 2.75) is 25.8 Å². The zero-order valence-electron chi connectivity index (χ0n) is 13.7. The van der Waals surface area contributed by atoms with Crippen molar-refractivity contribution < 1.29 is 18.0 Å². The summed E-state index contributed by atoms with van der Waals surface area (Å²) in [5.74, 6) is -0.867. The second-order valence-electron chi connectivity index (χ2n) is 6.05. The first-order chi connectivity index (χ1) is 12.0. The maximum absolute atomic E-state index is 14.1. The summed E-state index contributed by atoms with van der Waals surface area (Å²) >= 11 is 0. The molecule has 3 rings (SSSR count). The number of carbonyl (C=O) groups excluding carboxylic acids is 1. The fourth-order valence-electron chi connectivity index (χ4n) is 2.99. The van der Waals surface area contributed by atoms with Crippen LogP contribution in [0.5, 0.6) is 0 Å². The van der Waals surface area contributed by atoms with E-state index in [0.29, 0.717) is 31.7 Å². The Morgan fingerprint density at radius 2 is 1.92 bits per heavy atom. The average Bonchev–Trinajstić information content (AvgIpc) is 3.02. The highest BCUT2D eigenvalue weighted by Crippen LogP contribution is 2.27. The number of halogens is 2. The molecule has 0 unspecified atom stereocenters. The van der Waals surface area contributed by atoms with Crippen LogP contribution in [0, 0.1) is 29.9 Å². The Bertz CT molecular complexity index is 810. The van der Waals surface area contributed by atoms with Crippen LogP contribution >= 0.6 is 0 Å². The number of furan rings is 1. The molecule has 1 fully saturated rings. The monoisotopic (exact) mass is 345 g/mol. The summed E-state index contributed by atoms with van der Waals surface area (Å²) in [5.41, 5.74) is -0.167. The van der Waals surface area contributed by atoms with Crippen LogP contribution in [0.4, 0.5) is 14.5 Å². The van der Waals surface area contributed by atoms with Crippen LogP contribution in [-0.2, 0) is 0 Å². The SMILES string of the molecule is Cc1ccc(C(=O)NC2CCN(c3c(F)cc(C#N)cc3F)CC2)o1. The number of nitriles is 1. The number of nitrogens with one attached hydrogen (secondary N) is 1. The molecule has 2 heterocycles. The molecule has 0 bridgehead atoms. The molecular weight excluding hydrogens is 328 g/mol. The van der Waals surface area contributed by atoms with Crippen LogP contribution in [0.15, 0.2) is 28.7 Å². The van der Waals surface area contributed by atoms with Crippen molar-refractivity contribution in [3.8, 4) is 6.07 Å². The second kappa shape index (κ2) is 6.93. The smallest absolute Gasteiger partial charge is 0.287 e. The first kappa shape index (κ1) is 17.0. The van der Waals surface area contributed by atoms with Gasteiger partial charge in [0.25, 0.3) is 5.91 Å². The van der Waals surface area contributed by atoms with Gasteiger partial charge >= 0.3 is 0 Å². The molecule has 0 spiro atoms. The Balaban J connectivity index is 1.63. The molecule has 7 heteroatoms. The van der Waals surface area contributed by atoms with Gasteiger partial charge in [0.1, 0.15) is 11.4 Å². The number of carbonyl (C=O) groups is 1. The summed E-state index contributed by atoms with van der Waals surface area (Å²) < 4.78 is 33.5. The average molecular weight is 345 g/mol. The maximum atomic E-state index is 14.1. The molecule has 0 atom stereocenters. The van der Waals surface area contributed by atoms with Gasteiger partial charge in [0.2, 0.25) is 0 Å². The van der Waals surface area contributed by atoms with E-state index in [0.717, 1.165) is 12.1 Å². The number of benzene rings is 1. The molecule has 130 valence electrons. The Morgan fingerprint density at radius 1 is 1.28 bits per heavy atom. The number of hydrogen-bond acceptors (Lipinski definition) is 4. The van der Waals surface area contributed by atoms with Gasteiger partial charge in [-0.15, -0.1) is 0 Å². The summed E-state index contributed by atoms with van der Waals surface area (Å²) in [4.78, 5) is 13.7. The van der Waals surface area contributed by atoms with Gasteiger partial charge in [-0.25, -0.2) is 8.78 Å². The van der Waals surface area contributed by atoms with Crippen LogP contribution in [0.3, 0.4) is 0 Å². The molecule has 1 aromatic heterocycles. The van der Waals surface area contributed by atoms with Crippen molar-refractivity contribution in [1.29, 1.82) is 5.26 Å². The van der Waals surface area contributed by atoms with Gasteiger partial charge in [0.15, 0.2) is 17.4 Å². The zero-order chi connectivity index (χ0) is 18.0. The maximum Gasteiger partial charge on any atom is 0.287 e. The largest absolute Gasteiger partial charge is 0.456 e. The summed E-state index contributed by atoms with van der Waals surface area (Å²) in [6.07, 6.45) is 1.12. The molecule has 25 heavy (non-hydrogen) atoms. The lowest BCUT2D eigenvalue weighted by Gasteiger charge is -2.34. The minimum Gasteiger partial charge on any atom is -0.456 e. The lowest BCUT2D eigenvalue weighted by atomic mass is 10.0. The molecule has 1 aliphatic rings. The van der Waals surface area contributed by atoms with Crippen molar-refractivity contribution in [2.75, 3.05) is 18.0 Å². The number of rotatable bonds is 3. The van der Waals surface area contributed by atoms with E-state index in [1.165, 1.54) is 0 Å². The molecule has 1 saturated heterocycles. The van der Waals surface area contributed by atoms with Crippen molar-refractivity contribution in [3.63, 3.8) is 0 Å². The number of nitrogens with zero attached hydrogens (tertiary/aromatic N) is 2. The minimum atomic E-state index is -0.745. The highest BCUT2D eigenvalue weighted by Gasteiger charge is 2.26. The number of hydrogen-bond donors (Lipinski definition) is 1. The Kier molecular flexibility index (Phi) is 4.70. The normalized spacial score (nSPS) is 15.0. The van der Waals surface area contributed by atoms with E-state index in [-0.39, 0.29) is 29.0 Å². The third-order valence-electron chi connectivity index (χ3n) is 4.26. The van der Waals surface area contributed by atoms with E-state index >= 15 is 0 Å². The van der Waals surface area contributed by atoms with Crippen molar-refractivity contribution >= 4 is 11.6 Å². The molecule has 1 aromatic carbocycles. The van der Waals surface area contributed by atoms with Crippen LogP contribution in [0.2, 0.25) is 0 Å². The number of aryl methyl sites for hydroxylation is 1. The van der Waals surface area contributed by atoms with Gasteiger partial charge in [0.05, 0.1) is 11.6 Å². The molecule has 2 aromatic rings. The minimum absolute atomic E-state index is 0.0466. The van der Waals surface area contributed by atoms with Gasteiger partial charge in [-0.05, 0) is 44.0 Å². The van der Waals surface area contributed by atoms with E-state index in [2.05, 4.69) is 5.32 Å². The first-order valence-electron chi connectivity index (χ1n) is 7.99. The van der Waals surface area contributed by atoms with Gasteiger partial charge in [-0.1, -0.05) is 0 Å². The van der Waals surface area contributed by atoms with Crippen LogP contribution in [0.25, 0.3) is 0 Å². The zero-order valence-corrected chi connectivity index (χ0v) is 13.7. The number of piperidine rings is 1. The topological polar surface area (TPSA) is 69.3 Å². The van der Waals surface area contributed by atoms with Gasteiger partial charge in [0, 0.05) is 19.1 Å². The summed E-state index contributed by atoms with van der Waals surface area (Å²) in [7, 11) is 0. The summed E-state index contributed by atoms with van der Waals surface area (Å²) in [5, 5.41) is 11.6. The van der Waals surface area contributed by atoms with Gasteiger partial charge in [-0.3, -0.25) is 4.79 Å². The van der Waals surface area contributed by atoms with Gasteiger partial charge in [-0.2, -0.15) is 5.26 Å². The van der Waals surface area contributed by atoms with Crippen molar-refractivity contribution in [2.24, 2.45) is 0 Å². The van der Waals surface area contributed by atoms with Crippen molar-refractivity contribution in [1.82, 2.24) is 5.32 Å². The Labute approximate surface area is 143 Å². The predicted octanol–water partition coefficient (Wildman–Crippen LogP) is 3.14. The number of anilines is 1. The number of amides is 1. The predicted molar refractivity (Wildman–Crippen MR) is 87.2 cm³/mol. The molecule has 0 aliphatic carbocycles. The quantitative estimate of drug-likeness (QED) is 0.928. The highest BCUT2D eigenvalue weighted by atomic mass is 19.1. The lowest BCUT2D eigenvalue weighted by Crippen LogP contribution is -2.45. The van der Waals surface area contributed by atoms with Gasteiger partial charge < -0.3 is 14.6 Å². The molecule has 1 aliphatic heterocycles. The molecule has 1 amide bonds. The van der Waals surface area contributed by atoms with E-state index in [1.807, 2.05) is 0 Å². The molecular formula is C18H17F2N3O2. The lowest BCUT2D eigenvalue weighted by molar-refractivity contribution is 0.0901. The fraction of sp³-hybridized carbons (Fsp3) is 0.333. The highest BCUT2D eigenvalue weighted by molar-refractivity contribution is 5.91. The standard InChI is InChI=1S/C18H17F2N3O2/c1-11-2-3-16(25-11)18(24)22-13-4-6-23(7-5-13)17-14(19)8-12(10-21)9-15(17)20/h2-3,8-9,13H,4-7H2,1H3,(H,22,24). The third kappa shape index (κ3) is 3.63. The van der Waals surface area contributed by atoms with Crippen LogP contribution in [-0.4, -0.2) is 25.0 Å². The van der Waals surface area contributed by atoms with Crippen LogP contribution < -0.4 is 10.2 Å². The first-order valence-corrected chi connectivity index (χ1v) is 7.99. The van der Waals surface area contributed by atoms with E-state index in [4.69, 9.17) is 9.68 Å². The Hall–Kier alpha value is -2.88. The summed E-state index contributed by atoms with van der Waals surface area (Å²) in [6, 6.07) is 7.04. The molecule has 0 radical (unpaired) electrons. The molecule has 0 saturated carbocycles. The fourth-order valence-corrected chi connectivity index (χ4v) is 2.99. The third-order valence-corrected chi connectivity index (χ3v) is 4.26. The van der Waals surface area contributed by atoms with E-state index < -0.39 is 11.6 Å².